The first kappa shape index (κ1) is 15.3. The van der Waals surface area contributed by atoms with Gasteiger partial charge in [-0.15, -0.1) is 0 Å². The van der Waals surface area contributed by atoms with Gasteiger partial charge in [-0.05, 0) is 31.0 Å². The first-order valence-electron chi connectivity index (χ1n) is 7.21. The Kier molecular flexibility index (Phi) is 3.84. The number of sulfonamides is 1. The van der Waals surface area contributed by atoms with Gasteiger partial charge in [-0.1, -0.05) is 6.92 Å². The largest absolute Gasteiger partial charge is 0.419 e. The van der Waals surface area contributed by atoms with E-state index in [1.165, 1.54) is 16.7 Å². The van der Waals surface area contributed by atoms with Crippen LogP contribution in [0.2, 0.25) is 0 Å². The van der Waals surface area contributed by atoms with Crippen LogP contribution in [0, 0.1) is 5.92 Å². The molecule has 120 valence electrons. The van der Waals surface area contributed by atoms with Gasteiger partial charge in [-0.3, -0.25) is 4.57 Å². The summed E-state index contributed by atoms with van der Waals surface area (Å²) >= 11 is 0. The number of benzene rings is 1. The molecule has 0 spiro atoms. The standard InChI is InChI=1S/C14H19N3O4S/c1-9-5-6-15-8-11(9)16-22(19,20)10-3-4-12-13(7-10)21-14(18)17(12)2/h3-4,7,9,11,15-16H,5-6,8H2,1-2H3. The fourth-order valence-corrected chi connectivity index (χ4v) is 4.06. The average Bonchev–Trinajstić information content (AvgIpc) is 2.76. The van der Waals surface area contributed by atoms with Crippen LogP contribution in [-0.4, -0.2) is 32.1 Å². The molecular weight excluding hydrogens is 306 g/mol. The average molecular weight is 325 g/mol. The van der Waals surface area contributed by atoms with E-state index in [9.17, 15) is 13.2 Å². The molecule has 1 saturated heterocycles. The molecule has 0 aliphatic carbocycles. The molecule has 1 aromatic heterocycles. The minimum atomic E-state index is -3.65. The molecule has 2 heterocycles. The summed E-state index contributed by atoms with van der Waals surface area (Å²) in [5.41, 5.74) is 0.835. The molecule has 2 aromatic rings. The lowest BCUT2D eigenvalue weighted by Crippen LogP contribution is -2.50. The number of aryl methyl sites for hydroxylation is 1. The smallest absolute Gasteiger partial charge is 0.408 e. The van der Waals surface area contributed by atoms with Crippen molar-refractivity contribution in [2.24, 2.45) is 13.0 Å². The molecule has 0 bridgehead atoms. The maximum atomic E-state index is 12.5. The number of nitrogens with zero attached hydrogens (tertiary/aromatic N) is 1. The summed E-state index contributed by atoms with van der Waals surface area (Å²) in [6, 6.07) is 4.31. The monoisotopic (exact) mass is 325 g/mol. The fraction of sp³-hybridized carbons (Fsp3) is 0.500. The number of hydrogen-bond acceptors (Lipinski definition) is 5. The Morgan fingerprint density at radius 2 is 2.18 bits per heavy atom. The van der Waals surface area contributed by atoms with Gasteiger partial charge in [0.15, 0.2) is 5.58 Å². The molecule has 1 fully saturated rings. The molecule has 0 amide bonds. The van der Waals surface area contributed by atoms with Crippen LogP contribution in [-0.2, 0) is 17.1 Å². The highest BCUT2D eigenvalue weighted by Crippen LogP contribution is 2.20. The molecular formula is C14H19N3O4S. The minimum absolute atomic E-state index is 0.104. The van der Waals surface area contributed by atoms with E-state index < -0.39 is 15.8 Å². The van der Waals surface area contributed by atoms with E-state index in [-0.39, 0.29) is 22.4 Å². The summed E-state index contributed by atoms with van der Waals surface area (Å²) in [7, 11) is -2.07. The summed E-state index contributed by atoms with van der Waals surface area (Å²) in [6.45, 7) is 3.55. The summed E-state index contributed by atoms with van der Waals surface area (Å²) in [5, 5.41) is 3.19. The van der Waals surface area contributed by atoms with Gasteiger partial charge in [0, 0.05) is 25.7 Å². The van der Waals surface area contributed by atoms with Crippen LogP contribution >= 0.6 is 0 Å². The van der Waals surface area contributed by atoms with Crippen LogP contribution in [0.25, 0.3) is 11.1 Å². The van der Waals surface area contributed by atoms with Crippen LogP contribution in [0.5, 0.6) is 0 Å². The van der Waals surface area contributed by atoms with Gasteiger partial charge in [-0.2, -0.15) is 0 Å². The Labute approximate surface area is 128 Å². The Bertz CT molecular complexity index is 853. The van der Waals surface area contributed by atoms with E-state index in [2.05, 4.69) is 10.0 Å². The summed E-state index contributed by atoms with van der Waals surface area (Å²) in [4.78, 5) is 11.6. The molecule has 2 unspecified atom stereocenters. The third-order valence-electron chi connectivity index (χ3n) is 4.21. The van der Waals surface area contributed by atoms with Crippen molar-refractivity contribution in [1.29, 1.82) is 0 Å². The highest BCUT2D eigenvalue weighted by molar-refractivity contribution is 7.89. The van der Waals surface area contributed by atoms with Crippen LogP contribution in [0.3, 0.4) is 0 Å². The van der Waals surface area contributed by atoms with Crippen molar-refractivity contribution < 1.29 is 12.8 Å². The number of oxazole rings is 1. The number of nitrogens with one attached hydrogen (secondary N) is 2. The number of piperidine rings is 1. The highest BCUT2D eigenvalue weighted by atomic mass is 32.2. The van der Waals surface area contributed by atoms with Gasteiger partial charge in [0.25, 0.3) is 0 Å². The molecule has 2 atom stereocenters. The Morgan fingerprint density at radius 1 is 1.41 bits per heavy atom. The Morgan fingerprint density at radius 3 is 2.91 bits per heavy atom. The van der Waals surface area contributed by atoms with Crippen LogP contribution in [0.15, 0.2) is 32.3 Å². The van der Waals surface area contributed by atoms with Gasteiger partial charge in [-0.25, -0.2) is 17.9 Å². The fourth-order valence-electron chi connectivity index (χ4n) is 2.70. The predicted molar refractivity (Wildman–Crippen MR) is 82.2 cm³/mol. The lowest BCUT2D eigenvalue weighted by molar-refractivity contribution is 0.327. The molecule has 3 rings (SSSR count). The topological polar surface area (TPSA) is 93.3 Å². The maximum absolute atomic E-state index is 12.5. The number of aromatic nitrogens is 1. The molecule has 8 heteroatoms. The Balaban J connectivity index is 1.93. The lowest BCUT2D eigenvalue weighted by atomic mass is 9.96. The quantitative estimate of drug-likeness (QED) is 0.852. The van der Waals surface area contributed by atoms with Crippen molar-refractivity contribution in [2.75, 3.05) is 13.1 Å². The molecule has 0 saturated carbocycles. The SMILES string of the molecule is CC1CCNCC1NS(=O)(=O)c1ccc2c(c1)oc(=O)n2C. The minimum Gasteiger partial charge on any atom is -0.408 e. The molecule has 7 nitrogen and oxygen atoms in total. The second-order valence-corrected chi connectivity index (χ2v) is 7.47. The highest BCUT2D eigenvalue weighted by Gasteiger charge is 2.27. The van der Waals surface area contributed by atoms with E-state index in [0.29, 0.717) is 12.1 Å². The van der Waals surface area contributed by atoms with E-state index in [4.69, 9.17) is 4.42 Å². The van der Waals surface area contributed by atoms with Crippen LogP contribution in [0.4, 0.5) is 0 Å². The normalized spacial score (nSPS) is 23.0. The zero-order chi connectivity index (χ0) is 15.9. The third-order valence-corrected chi connectivity index (χ3v) is 5.70. The van der Waals surface area contributed by atoms with Crippen molar-refractivity contribution >= 4 is 21.1 Å². The van der Waals surface area contributed by atoms with Crippen molar-refractivity contribution in [3.63, 3.8) is 0 Å². The van der Waals surface area contributed by atoms with Gasteiger partial charge in [0.2, 0.25) is 10.0 Å². The summed E-state index contributed by atoms with van der Waals surface area (Å²) in [6.07, 6.45) is 0.930. The van der Waals surface area contributed by atoms with Crippen LogP contribution in [0.1, 0.15) is 13.3 Å². The van der Waals surface area contributed by atoms with Gasteiger partial charge >= 0.3 is 5.76 Å². The van der Waals surface area contributed by atoms with E-state index >= 15 is 0 Å². The molecule has 1 aliphatic rings. The third kappa shape index (κ3) is 2.69. The number of hydrogen-bond donors (Lipinski definition) is 2. The zero-order valence-electron chi connectivity index (χ0n) is 12.5. The molecule has 22 heavy (non-hydrogen) atoms. The second-order valence-electron chi connectivity index (χ2n) is 5.75. The first-order valence-corrected chi connectivity index (χ1v) is 8.69. The predicted octanol–water partition coefficient (Wildman–Crippen LogP) is 0.408. The van der Waals surface area contributed by atoms with Crippen molar-refractivity contribution in [2.45, 2.75) is 24.3 Å². The van der Waals surface area contributed by atoms with Gasteiger partial charge in [0.05, 0.1) is 10.4 Å². The van der Waals surface area contributed by atoms with E-state index in [1.54, 1.807) is 13.1 Å². The first-order chi connectivity index (χ1) is 10.4. The number of fused-ring (bicyclic) bond motifs is 1. The molecule has 0 radical (unpaired) electrons. The lowest BCUT2D eigenvalue weighted by Gasteiger charge is -2.29. The van der Waals surface area contributed by atoms with Crippen molar-refractivity contribution in [3.05, 3.63) is 28.7 Å². The summed E-state index contributed by atoms with van der Waals surface area (Å²) in [5.74, 6) is -0.239. The van der Waals surface area contributed by atoms with Crippen molar-refractivity contribution in [1.82, 2.24) is 14.6 Å². The Hall–Kier alpha value is -1.64. The second kappa shape index (κ2) is 5.53. The zero-order valence-corrected chi connectivity index (χ0v) is 13.3. The molecule has 2 N–H and O–H groups in total. The molecule has 1 aromatic carbocycles. The number of rotatable bonds is 3. The van der Waals surface area contributed by atoms with Gasteiger partial charge in [0.1, 0.15) is 0 Å². The van der Waals surface area contributed by atoms with E-state index in [0.717, 1.165) is 13.0 Å². The van der Waals surface area contributed by atoms with Crippen molar-refractivity contribution in [3.8, 4) is 0 Å². The maximum Gasteiger partial charge on any atom is 0.419 e. The summed E-state index contributed by atoms with van der Waals surface area (Å²) < 4.78 is 34.2. The molecule has 1 aliphatic heterocycles. The van der Waals surface area contributed by atoms with Crippen LogP contribution < -0.4 is 15.8 Å². The van der Waals surface area contributed by atoms with Gasteiger partial charge < -0.3 is 9.73 Å². The van der Waals surface area contributed by atoms with E-state index in [1.807, 2.05) is 6.92 Å².